The summed E-state index contributed by atoms with van der Waals surface area (Å²) in [5.41, 5.74) is 1.35. The Morgan fingerprint density at radius 3 is 2.80 bits per heavy atom. The standard InChI is InChI=1S/C15H21N5/c1-2-6-15(7-3-4-8-15)12(5-1)18-13-14-19-17-11-20(14)10-9-16-13/h9-12H,1-8H2,(H,16,18). The third-order valence-electron chi connectivity index (χ3n) is 5.28. The Labute approximate surface area is 118 Å². The Morgan fingerprint density at radius 1 is 1.15 bits per heavy atom. The first-order chi connectivity index (χ1) is 9.87. The van der Waals surface area contributed by atoms with Crippen LogP contribution in [0.15, 0.2) is 18.7 Å². The molecule has 0 saturated heterocycles. The lowest BCUT2D eigenvalue weighted by molar-refractivity contribution is 0.173. The van der Waals surface area contributed by atoms with Gasteiger partial charge in [0.2, 0.25) is 5.65 Å². The summed E-state index contributed by atoms with van der Waals surface area (Å²) in [6.45, 7) is 0. The molecule has 2 aliphatic rings. The van der Waals surface area contributed by atoms with Crippen molar-refractivity contribution in [2.75, 3.05) is 5.32 Å². The number of aromatic nitrogens is 4. The van der Waals surface area contributed by atoms with Gasteiger partial charge in [-0.3, -0.25) is 4.40 Å². The number of hydrogen-bond acceptors (Lipinski definition) is 4. The Bertz CT molecular complexity index is 599. The van der Waals surface area contributed by atoms with Gasteiger partial charge in [-0.1, -0.05) is 25.7 Å². The number of fused-ring (bicyclic) bond motifs is 1. The largest absolute Gasteiger partial charge is 0.364 e. The van der Waals surface area contributed by atoms with Crippen molar-refractivity contribution in [3.8, 4) is 0 Å². The highest BCUT2D eigenvalue weighted by Gasteiger charge is 2.42. The molecule has 4 rings (SSSR count). The van der Waals surface area contributed by atoms with Gasteiger partial charge >= 0.3 is 0 Å². The molecule has 5 nitrogen and oxygen atoms in total. The van der Waals surface area contributed by atoms with E-state index in [0.29, 0.717) is 11.5 Å². The quantitative estimate of drug-likeness (QED) is 0.912. The second-order valence-corrected chi connectivity index (χ2v) is 6.35. The summed E-state index contributed by atoms with van der Waals surface area (Å²) < 4.78 is 1.93. The molecule has 0 radical (unpaired) electrons. The van der Waals surface area contributed by atoms with E-state index in [2.05, 4.69) is 20.5 Å². The first kappa shape index (κ1) is 12.1. The number of hydrogen-bond donors (Lipinski definition) is 1. The molecule has 2 fully saturated rings. The molecule has 0 aliphatic heterocycles. The zero-order valence-electron chi connectivity index (χ0n) is 11.8. The molecule has 1 unspecified atom stereocenters. The molecule has 1 atom stereocenters. The average Bonchev–Trinajstić information content (AvgIpc) is 3.12. The lowest BCUT2D eigenvalue weighted by atomic mass is 9.69. The van der Waals surface area contributed by atoms with E-state index in [4.69, 9.17) is 0 Å². The molecule has 106 valence electrons. The number of rotatable bonds is 2. The Kier molecular flexibility index (Phi) is 2.86. The lowest BCUT2D eigenvalue weighted by Gasteiger charge is -2.42. The second kappa shape index (κ2) is 4.72. The van der Waals surface area contributed by atoms with Crippen LogP contribution in [0.1, 0.15) is 51.4 Å². The highest BCUT2D eigenvalue weighted by Crippen LogP contribution is 2.49. The van der Waals surface area contributed by atoms with Gasteiger partial charge in [0.25, 0.3) is 0 Å². The number of anilines is 1. The van der Waals surface area contributed by atoms with Gasteiger partial charge in [0.05, 0.1) is 0 Å². The maximum Gasteiger partial charge on any atom is 0.203 e. The van der Waals surface area contributed by atoms with Gasteiger partial charge < -0.3 is 5.32 Å². The van der Waals surface area contributed by atoms with Crippen molar-refractivity contribution in [2.24, 2.45) is 5.41 Å². The molecular weight excluding hydrogens is 250 g/mol. The molecule has 20 heavy (non-hydrogen) atoms. The fraction of sp³-hybridized carbons (Fsp3) is 0.667. The van der Waals surface area contributed by atoms with Gasteiger partial charge in [-0.2, -0.15) is 0 Å². The predicted molar refractivity (Wildman–Crippen MR) is 77.6 cm³/mol. The highest BCUT2D eigenvalue weighted by molar-refractivity contribution is 5.62. The molecule has 0 amide bonds. The van der Waals surface area contributed by atoms with Crippen LogP contribution in [-0.2, 0) is 0 Å². The minimum atomic E-state index is 0.507. The molecule has 1 spiro atoms. The molecule has 2 heterocycles. The SMILES string of the molecule is c1cn2cnnc2c(NC2CCCCC23CCCC3)n1. The van der Waals surface area contributed by atoms with Crippen molar-refractivity contribution in [1.29, 1.82) is 0 Å². The Morgan fingerprint density at radius 2 is 1.95 bits per heavy atom. The van der Waals surface area contributed by atoms with Crippen molar-refractivity contribution in [1.82, 2.24) is 19.6 Å². The molecule has 5 heteroatoms. The third kappa shape index (κ3) is 1.87. The van der Waals surface area contributed by atoms with Crippen molar-refractivity contribution < 1.29 is 0 Å². The van der Waals surface area contributed by atoms with Crippen molar-refractivity contribution in [3.05, 3.63) is 18.7 Å². The molecular formula is C15H21N5. The average molecular weight is 271 g/mol. The number of nitrogens with one attached hydrogen (secondary N) is 1. The zero-order valence-corrected chi connectivity index (χ0v) is 11.8. The molecule has 0 bridgehead atoms. The van der Waals surface area contributed by atoms with Gasteiger partial charge in [0.15, 0.2) is 5.82 Å². The van der Waals surface area contributed by atoms with E-state index in [1.165, 1.54) is 51.4 Å². The summed E-state index contributed by atoms with van der Waals surface area (Å²) in [5, 5.41) is 11.9. The van der Waals surface area contributed by atoms with Gasteiger partial charge in [0.1, 0.15) is 6.33 Å². The molecule has 2 aliphatic carbocycles. The van der Waals surface area contributed by atoms with Crippen LogP contribution in [-0.4, -0.2) is 25.6 Å². The summed E-state index contributed by atoms with van der Waals surface area (Å²) in [6.07, 6.45) is 16.3. The van der Waals surface area contributed by atoms with E-state index >= 15 is 0 Å². The minimum absolute atomic E-state index is 0.507. The van der Waals surface area contributed by atoms with E-state index in [0.717, 1.165) is 11.5 Å². The molecule has 0 aromatic carbocycles. The summed E-state index contributed by atoms with van der Waals surface area (Å²) in [5.74, 6) is 0.892. The van der Waals surface area contributed by atoms with Crippen LogP contribution in [0, 0.1) is 5.41 Å². The molecule has 2 aromatic heterocycles. The van der Waals surface area contributed by atoms with Crippen molar-refractivity contribution >= 4 is 11.5 Å². The Balaban J connectivity index is 1.65. The molecule has 1 N–H and O–H groups in total. The van der Waals surface area contributed by atoms with Gasteiger partial charge in [-0.05, 0) is 31.1 Å². The van der Waals surface area contributed by atoms with Crippen LogP contribution in [0.4, 0.5) is 5.82 Å². The van der Waals surface area contributed by atoms with Gasteiger partial charge in [-0.25, -0.2) is 4.98 Å². The van der Waals surface area contributed by atoms with Crippen LogP contribution >= 0.6 is 0 Å². The summed E-state index contributed by atoms with van der Waals surface area (Å²) in [6, 6.07) is 0.550. The highest BCUT2D eigenvalue weighted by atomic mass is 15.2. The molecule has 2 aromatic rings. The van der Waals surface area contributed by atoms with E-state index in [-0.39, 0.29) is 0 Å². The fourth-order valence-corrected chi connectivity index (χ4v) is 4.23. The maximum absolute atomic E-state index is 4.49. The van der Waals surface area contributed by atoms with Crippen LogP contribution in [0.2, 0.25) is 0 Å². The van der Waals surface area contributed by atoms with E-state index < -0.39 is 0 Å². The first-order valence-corrected chi connectivity index (χ1v) is 7.78. The Hall–Kier alpha value is -1.65. The molecule has 2 saturated carbocycles. The summed E-state index contributed by atoms with van der Waals surface area (Å²) in [4.78, 5) is 4.49. The van der Waals surface area contributed by atoms with E-state index in [1.807, 2.05) is 16.8 Å². The second-order valence-electron chi connectivity index (χ2n) is 6.35. The minimum Gasteiger partial charge on any atom is -0.364 e. The van der Waals surface area contributed by atoms with Gasteiger partial charge in [0, 0.05) is 18.4 Å². The predicted octanol–water partition coefficient (Wildman–Crippen LogP) is 3.04. The monoisotopic (exact) mass is 271 g/mol. The first-order valence-electron chi connectivity index (χ1n) is 7.78. The smallest absolute Gasteiger partial charge is 0.203 e. The van der Waals surface area contributed by atoms with Crippen molar-refractivity contribution in [2.45, 2.75) is 57.4 Å². The zero-order chi connectivity index (χ0) is 13.4. The summed E-state index contributed by atoms with van der Waals surface area (Å²) >= 11 is 0. The summed E-state index contributed by atoms with van der Waals surface area (Å²) in [7, 11) is 0. The fourth-order valence-electron chi connectivity index (χ4n) is 4.23. The van der Waals surface area contributed by atoms with E-state index in [1.54, 1.807) is 6.33 Å². The van der Waals surface area contributed by atoms with Crippen LogP contribution < -0.4 is 5.32 Å². The van der Waals surface area contributed by atoms with Gasteiger partial charge in [-0.15, -0.1) is 10.2 Å². The van der Waals surface area contributed by atoms with Crippen molar-refractivity contribution in [3.63, 3.8) is 0 Å². The van der Waals surface area contributed by atoms with E-state index in [9.17, 15) is 0 Å². The van der Waals surface area contributed by atoms with Crippen LogP contribution in [0.25, 0.3) is 5.65 Å². The normalized spacial score (nSPS) is 25.3. The number of nitrogens with zero attached hydrogens (tertiary/aromatic N) is 4. The van der Waals surface area contributed by atoms with Crippen LogP contribution in [0.3, 0.4) is 0 Å². The van der Waals surface area contributed by atoms with Crippen LogP contribution in [0.5, 0.6) is 0 Å². The third-order valence-corrected chi connectivity index (χ3v) is 5.28. The maximum atomic E-state index is 4.49. The lowest BCUT2D eigenvalue weighted by Crippen LogP contribution is -2.41. The topological polar surface area (TPSA) is 55.1 Å².